The monoisotopic (exact) mass is 673 g/mol. The maximum absolute atomic E-state index is 13.9. The number of nitrogens with zero attached hydrogens (tertiary/aromatic N) is 2. The normalized spacial score (nSPS) is 19.9. The second-order valence-electron chi connectivity index (χ2n) is 12.1. The molecule has 2 aliphatic rings. The highest BCUT2D eigenvalue weighted by molar-refractivity contribution is 5.92. The van der Waals surface area contributed by atoms with Gasteiger partial charge in [-0.2, -0.15) is 0 Å². The minimum absolute atomic E-state index is 0.0951. The zero-order valence-corrected chi connectivity index (χ0v) is 28.0. The first-order valence-electron chi connectivity index (χ1n) is 16.0. The van der Waals surface area contributed by atoms with Crippen molar-refractivity contribution in [3.05, 3.63) is 114 Å². The Morgan fingerprint density at radius 1 is 0.796 bits per heavy atom. The van der Waals surface area contributed by atoms with E-state index in [1.54, 1.807) is 56.7 Å². The molecule has 0 aromatic heterocycles. The van der Waals surface area contributed by atoms with Crippen LogP contribution in [0.2, 0.25) is 0 Å². The average molecular weight is 674 g/mol. The fourth-order valence-corrected chi connectivity index (χ4v) is 7.07. The SMILES string of the molecule is COc1ccc(C23CCC(N(C(N)=O)c4ccc(F)c(F)c4)CC2N(C)CC3)cc1OC.COc1ccccc1OC(=O)c1ccccc1. The van der Waals surface area contributed by atoms with Crippen LogP contribution in [0.4, 0.5) is 19.3 Å². The zero-order valence-electron chi connectivity index (χ0n) is 28.0. The molecule has 258 valence electrons. The van der Waals surface area contributed by atoms with Crippen molar-refractivity contribution < 1.29 is 37.3 Å². The number of methoxy groups -OCH3 is 3. The smallest absolute Gasteiger partial charge is 0.343 e. The summed E-state index contributed by atoms with van der Waals surface area (Å²) in [5.41, 5.74) is 7.58. The first-order chi connectivity index (χ1) is 23.6. The van der Waals surface area contributed by atoms with Gasteiger partial charge in [0, 0.05) is 29.3 Å². The summed E-state index contributed by atoms with van der Waals surface area (Å²) in [6.07, 6.45) is 3.18. The molecular weight excluding hydrogens is 632 g/mol. The zero-order chi connectivity index (χ0) is 35.1. The van der Waals surface area contributed by atoms with Gasteiger partial charge in [0.2, 0.25) is 0 Å². The minimum atomic E-state index is -0.998. The Balaban J connectivity index is 0.000000232. The summed E-state index contributed by atoms with van der Waals surface area (Å²) in [6, 6.07) is 24.7. The molecule has 1 aliphatic carbocycles. The number of anilines is 1. The third kappa shape index (κ3) is 7.46. The number of rotatable bonds is 8. The summed E-state index contributed by atoms with van der Waals surface area (Å²) in [5.74, 6) is -0.0133. The summed E-state index contributed by atoms with van der Waals surface area (Å²) >= 11 is 0. The summed E-state index contributed by atoms with van der Waals surface area (Å²) in [7, 11) is 6.86. The molecule has 1 saturated heterocycles. The lowest BCUT2D eigenvalue weighted by molar-refractivity contribution is 0.0729. The van der Waals surface area contributed by atoms with Crippen molar-refractivity contribution in [2.75, 3.05) is 39.8 Å². The van der Waals surface area contributed by atoms with Crippen LogP contribution in [0.25, 0.3) is 0 Å². The van der Waals surface area contributed by atoms with E-state index in [9.17, 15) is 18.4 Å². The van der Waals surface area contributed by atoms with E-state index in [-0.39, 0.29) is 23.2 Å². The van der Waals surface area contributed by atoms with Gasteiger partial charge in [0.15, 0.2) is 34.6 Å². The topological polar surface area (TPSA) is 104 Å². The Hall–Kier alpha value is -5.16. The van der Waals surface area contributed by atoms with Gasteiger partial charge in [-0.05, 0) is 93.4 Å². The van der Waals surface area contributed by atoms with Gasteiger partial charge in [0.1, 0.15) is 0 Å². The number of primary amides is 1. The molecule has 9 nitrogen and oxygen atoms in total. The molecule has 3 unspecified atom stereocenters. The number of esters is 1. The van der Waals surface area contributed by atoms with Crippen LogP contribution in [-0.4, -0.2) is 63.9 Å². The fourth-order valence-electron chi connectivity index (χ4n) is 7.07. The third-order valence-electron chi connectivity index (χ3n) is 9.52. The summed E-state index contributed by atoms with van der Waals surface area (Å²) in [5, 5.41) is 0. The van der Waals surface area contributed by atoms with Gasteiger partial charge in [0.25, 0.3) is 0 Å². The molecule has 6 rings (SSSR count). The van der Waals surface area contributed by atoms with Crippen molar-refractivity contribution in [1.29, 1.82) is 0 Å². The predicted molar refractivity (Wildman–Crippen MR) is 183 cm³/mol. The molecule has 1 aliphatic heterocycles. The van der Waals surface area contributed by atoms with Crippen LogP contribution >= 0.6 is 0 Å². The van der Waals surface area contributed by atoms with Gasteiger partial charge in [-0.1, -0.05) is 36.4 Å². The van der Waals surface area contributed by atoms with E-state index in [0.29, 0.717) is 41.4 Å². The molecule has 0 radical (unpaired) electrons. The first kappa shape index (κ1) is 35.2. The molecule has 0 bridgehead atoms. The Labute approximate surface area is 285 Å². The van der Waals surface area contributed by atoms with Crippen molar-refractivity contribution in [2.24, 2.45) is 5.73 Å². The standard InChI is InChI=1S/C24H29F2N3O3.C14H12O3/c1-28-11-10-24(15-4-7-20(31-2)21(12-15)32-3)9-8-17(14-22(24)28)29(23(27)30)16-5-6-18(25)19(26)13-16;1-16-12-9-5-6-10-13(12)17-14(15)11-7-3-2-4-8-11/h4-7,12-13,17,22H,8-11,14H2,1-3H3,(H2,27,30);2-10H,1H3. The molecule has 1 heterocycles. The van der Waals surface area contributed by atoms with Gasteiger partial charge >= 0.3 is 12.0 Å². The Bertz CT molecular complexity index is 1770. The quantitative estimate of drug-likeness (QED) is 0.159. The number of urea groups is 1. The lowest BCUT2D eigenvalue weighted by Gasteiger charge is -2.47. The lowest BCUT2D eigenvalue weighted by atomic mass is 9.64. The molecule has 1 saturated carbocycles. The van der Waals surface area contributed by atoms with Crippen molar-refractivity contribution in [3.63, 3.8) is 0 Å². The van der Waals surface area contributed by atoms with Crippen LogP contribution in [0.3, 0.4) is 0 Å². The number of carbonyl (C=O) groups excluding carboxylic acids is 2. The lowest BCUT2D eigenvalue weighted by Crippen LogP contribution is -2.54. The molecule has 3 atom stereocenters. The number of carbonyl (C=O) groups is 2. The molecule has 2 N–H and O–H groups in total. The summed E-state index contributed by atoms with van der Waals surface area (Å²) < 4.78 is 48.6. The highest BCUT2D eigenvalue weighted by atomic mass is 19.2. The predicted octanol–water partition coefficient (Wildman–Crippen LogP) is 6.98. The number of likely N-dealkylation sites (N-methyl/N-ethyl adjacent to an activating group) is 1. The van der Waals surface area contributed by atoms with Crippen molar-refractivity contribution in [2.45, 2.75) is 43.2 Å². The van der Waals surface area contributed by atoms with Crippen LogP contribution in [0.5, 0.6) is 23.0 Å². The summed E-state index contributed by atoms with van der Waals surface area (Å²) in [6.45, 7) is 0.924. The molecular formula is C38H41F2N3O6. The number of benzene rings is 4. The molecule has 11 heteroatoms. The Morgan fingerprint density at radius 3 is 2.10 bits per heavy atom. The third-order valence-corrected chi connectivity index (χ3v) is 9.52. The number of para-hydroxylation sites is 2. The Morgan fingerprint density at radius 2 is 1.45 bits per heavy atom. The largest absolute Gasteiger partial charge is 0.493 e. The number of hydrogen-bond acceptors (Lipinski definition) is 7. The second-order valence-corrected chi connectivity index (χ2v) is 12.1. The number of nitrogens with two attached hydrogens (primary N) is 1. The van der Waals surface area contributed by atoms with Crippen molar-refractivity contribution >= 4 is 17.7 Å². The van der Waals surface area contributed by atoms with E-state index >= 15 is 0 Å². The van der Waals surface area contributed by atoms with Crippen LogP contribution < -0.4 is 29.6 Å². The number of hydrogen-bond donors (Lipinski definition) is 1. The van der Waals surface area contributed by atoms with Gasteiger partial charge in [-0.15, -0.1) is 0 Å². The minimum Gasteiger partial charge on any atom is -0.493 e. The van der Waals surface area contributed by atoms with Gasteiger partial charge in [-0.3, -0.25) is 4.90 Å². The van der Waals surface area contributed by atoms with Gasteiger partial charge in [0.05, 0.1) is 26.9 Å². The van der Waals surface area contributed by atoms with Crippen LogP contribution in [0.1, 0.15) is 41.6 Å². The second kappa shape index (κ2) is 15.4. The highest BCUT2D eigenvalue weighted by Crippen LogP contribution is 2.51. The highest BCUT2D eigenvalue weighted by Gasteiger charge is 2.51. The van der Waals surface area contributed by atoms with Gasteiger partial charge < -0.3 is 29.6 Å². The fraction of sp³-hybridized carbons (Fsp3) is 0.316. The molecule has 4 aromatic rings. The van der Waals surface area contributed by atoms with E-state index in [1.807, 2.05) is 24.3 Å². The number of ether oxygens (including phenoxy) is 4. The number of amides is 2. The van der Waals surface area contributed by atoms with Crippen molar-refractivity contribution in [3.8, 4) is 23.0 Å². The van der Waals surface area contributed by atoms with E-state index < -0.39 is 23.6 Å². The molecule has 49 heavy (non-hydrogen) atoms. The van der Waals surface area contributed by atoms with E-state index in [2.05, 4.69) is 18.0 Å². The first-order valence-corrected chi connectivity index (χ1v) is 16.0. The molecule has 2 amide bonds. The molecule has 4 aromatic carbocycles. The number of likely N-dealkylation sites (tertiary alicyclic amines) is 1. The van der Waals surface area contributed by atoms with E-state index in [4.69, 9.17) is 24.7 Å². The maximum Gasteiger partial charge on any atom is 0.343 e. The summed E-state index contributed by atoms with van der Waals surface area (Å²) in [4.78, 5) is 27.9. The molecule has 2 fully saturated rings. The Kier molecular flexibility index (Phi) is 11.0. The van der Waals surface area contributed by atoms with E-state index in [0.717, 1.165) is 31.5 Å². The number of fused-ring (bicyclic) bond motifs is 1. The van der Waals surface area contributed by atoms with E-state index in [1.165, 1.54) is 23.6 Å². The van der Waals surface area contributed by atoms with Gasteiger partial charge in [-0.25, -0.2) is 18.4 Å². The number of halogens is 2. The molecule has 0 spiro atoms. The van der Waals surface area contributed by atoms with Crippen LogP contribution in [0.15, 0.2) is 91.0 Å². The van der Waals surface area contributed by atoms with Crippen LogP contribution in [0, 0.1) is 11.6 Å². The van der Waals surface area contributed by atoms with Crippen molar-refractivity contribution in [1.82, 2.24) is 4.90 Å². The average Bonchev–Trinajstić information content (AvgIpc) is 3.46. The van der Waals surface area contributed by atoms with Crippen LogP contribution in [-0.2, 0) is 5.41 Å². The maximum atomic E-state index is 13.9.